The van der Waals surface area contributed by atoms with Crippen molar-refractivity contribution in [3.05, 3.63) is 35.9 Å². The van der Waals surface area contributed by atoms with E-state index < -0.39 is 0 Å². The molecule has 1 heteroatoms. The van der Waals surface area contributed by atoms with E-state index in [9.17, 15) is 0 Å². The van der Waals surface area contributed by atoms with E-state index in [0.717, 1.165) is 6.61 Å². The topological polar surface area (TPSA) is 12.5 Å². The fraction of sp³-hybridized carbons (Fsp3) is 0.400. The Morgan fingerprint density at radius 1 is 1.36 bits per heavy atom. The average molecular weight is 148 g/mol. The highest BCUT2D eigenvalue weighted by molar-refractivity contribution is 5.20. The molecule has 0 aromatic heterocycles. The Kier molecular flexibility index (Phi) is 1.66. The van der Waals surface area contributed by atoms with Crippen molar-refractivity contribution < 1.29 is 4.74 Å². The maximum absolute atomic E-state index is 5.22. The van der Waals surface area contributed by atoms with Crippen LogP contribution >= 0.6 is 0 Å². The molecule has 0 saturated carbocycles. The van der Waals surface area contributed by atoms with Gasteiger partial charge in [0.2, 0.25) is 0 Å². The molecule has 58 valence electrons. The molecule has 1 nitrogen and oxygen atoms in total. The van der Waals surface area contributed by atoms with E-state index >= 15 is 0 Å². The molecule has 1 aromatic carbocycles. The third-order valence-corrected chi connectivity index (χ3v) is 2.24. The van der Waals surface area contributed by atoms with Crippen LogP contribution in [0.5, 0.6) is 0 Å². The first-order valence-corrected chi connectivity index (χ1v) is 4.04. The normalized spacial score (nSPS) is 24.6. The zero-order valence-electron chi connectivity index (χ0n) is 6.66. The number of hydrogen-bond acceptors (Lipinski definition) is 1. The summed E-state index contributed by atoms with van der Waals surface area (Å²) < 4.78 is 5.22. The Bertz CT molecular complexity index is 226. The molecule has 1 heterocycles. The van der Waals surface area contributed by atoms with Gasteiger partial charge in [0, 0.05) is 5.92 Å². The van der Waals surface area contributed by atoms with Gasteiger partial charge in [0.25, 0.3) is 0 Å². The summed E-state index contributed by atoms with van der Waals surface area (Å²) in [6, 6.07) is 10.5. The van der Waals surface area contributed by atoms with E-state index in [-0.39, 0.29) is 0 Å². The molecule has 0 bridgehead atoms. The third kappa shape index (κ3) is 1.43. The molecule has 0 N–H and O–H groups in total. The Balaban J connectivity index is 2.15. The maximum atomic E-state index is 5.22. The highest BCUT2D eigenvalue weighted by Gasteiger charge is 2.29. The number of rotatable bonds is 2. The molecule has 1 aromatic rings. The first kappa shape index (κ1) is 6.86. The maximum Gasteiger partial charge on any atom is 0.0875 e. The SMILES string of the molecule is C[C@@H](c1ccccc1)[C@H]1CO1. The minimum absolute atomic E-state index is 0.484. The van der Waals surface area contributed by atoms with Crippen LogP contribution in [0.2, 0.25) is 0 Å². The second-order valence-corrected chi connectivity index (χ2v) is 3.07. The van der Waals surface area contributed by atoms with Crippen molar-refractivity contribution in [2.24, 2.45) is 0 Å². The first-order chi connectivity index (χ1) is 5.38. The number of hydrogen-bond donors (Lipinski definition) is 0. The fourth-order valence-corrected chi connectivity index (χ4v) is 1.32. The monoisotopic (exact) mass is 148 g/mol. The zero-order chi connectivity index (χ0) is 7.68. The van der Waals surface area contributed by atoms with Gasteiger partial charge in [0.15, 0.2) is 0 Å². The van der Waals surface area contributed by atoms with Crippen molar-refractivity contribution in [3.8, 4) is 0 Å². The van der Waals surface area contributed by atoms with Gasteiger partial charge in [-0.2, -0.15) is 0 Å². The minimum atomic E-state index is 0.484. The van der Waals surface area contributed by atoms with E-state index in [1.54, 1.807) is 0 Å². The molecule has 0 radical (unpaired) electrons. The molecular formula is C10H12O. The smallest absolute Gasteiger partial charge is 0.0875 e. The molecule has 1 aliphatic heterocycles. The van der Waals surface area contributed by atoms with Gasteiger partial charge in [-0.05, 0) is 5.56 Å². The molecule has 0 aliphatic carbocycles. The van der Waals surface area contributed by atoms with Gasteiger partial charge in [-0.3, -0.25) is 0 Å². The molecule has 1 aliphatic rings. The Morgan fingerprint density at radius 2 is 2.00 bits per heavy atom. The summed E-state index contributed by atoms with van der Waals surface area (Å²) in [5.74, 6) is 0.566. The molecule has 2 atom stereocenters. The lowest BCUT2D eigenvalue weighted by molar-refractivity contribution is 0.382. The lowest BCUT2D eigenvalue weighted by atomic mass is 9.99. The molecule has 1 saturated heterocycles. The van der Waals surface area contributed by atoms with Crippen LogP contribution in [-0.4, -0.2) is 12.7 Å². The van der Waals surface area contributed by atoms with Crippen LogP contribution in [-0.2, 0) is 4.74 Å². The molecule has 0 amide bonds. The van der Waals surface area contributed by atoms with Gasteiger partial charge in [-0.15, -0.1) is 0 Å². The van der Waals surface area contributed by atoms with Crippen LogP contribution < -0.4 is 0 Å². The molecule has 11 heavy (non-hydrogen) atoms. The third-order valence-electron chi connectivity index (χ3n) is 2.24. The van der Waals surface area contributed by atoms with Gasteiger partial charge in [-0.25, -0.2) is 0 Å². The molecule has 2 rings (SSSR count). The highest BCUT2D eigenvalue weighted by atomic mass is 16.6. The summed E-state index contributed by atoms with van der Waals surface area (Å²) in [4.78, 5) is 0. The molecule has 0 unspecified atom stereocenters. The Labute approximate surface area is 67.0 Å². The van der Waals surface area contributed by atoms with Crippen molar-refractivity contribution in [3.63, 3.8) is 0 Å². The summed E-state index contributed by atoms with van der Waals surface area (Å²) in [6.45, 7) is 3.16. The van der Waals surface area contributed by atoms with Crippen LogP contribution in [0.4, 0.5) is 0 Å². The standard InChI is InChI=1S/C10H12O/c1-8(10-7-11-10)9-5-3-2-4-6-9/h2-6,8,10H,7H2,1H3/t8-,10+/m0/s1. The summed E-state index contributed by atoms with van der Waals surface area (Å²) in [5, 5.41) is 0. The summed E-state index contributed by atoms with van der Waals surface area (Å²) in [7, 11) is 0. The lowest BCUT2D eigenvalue weighted by Crippen LogP contribution is -2.00. The van der Waals surface area contributed by atoms with Crippen LogP contribution in [0.15, 0.2) is 30.3 Å². The summed E-state index contributed by atoms with van der Waals surface area (Å²) in [6.07, 6.45) is 0.484. The van der Waals surface area contributed by atoms with E-state index in [2.05, 4.69) is 31.2 Å². The van der Waals surface area contributed by atoms with Gasteiger partial charge < -0.3 is 4.74 Å². The minimum Gasteiger partial charge on any atom is -0.372 e. The van der Waals surface area contributed by atoms with E-state index in [0.29, 0.717) is 12.0 Å². The molecule has 1 fully saturated rings. The summed E-state index contributed by atoms with van der Waals surface area (Å²) >= 11 is 0. The Hall–Kier alpha value is -0.820. The van der Waals surface area contributed by atoms with Crippen molar-refractivity contribution in [1.29, 1.82) is 0 Å². The second-order valence-electron chi connectivity index (χ2n) is 3.07. The quantitative estimate of drug-likeness (QED) is 0.586. The van der Waals surface area contributed by atoms with Gasteiger partial charge >= 0.3 is 0 Å². The largest absolute Gasteiger partial charge is 0.372 e. The molecule has 0 spiro atoms. The molecular weight excluding hydrogens is 136 g/mol. The van der Waals surface area contributed by atoms with E-state index in [1.165, 1.54) is 5.56 Å². The van der Waals surface area contributed by atoms with Crippen LogP contribution in [0.1, 0.15) is 18.4 Å². The van der Waals surface area contributed by atoms with Crippen molar-refractivity contribution in [2.75, 3.05) is 6.61 Å². The van der Waals surface area contributed by atoms with Crippen molar-refractivity contribution in [1.82, 2.24) is 0 Å². The highest BCUT2D eigenvalue weighted by Crippen LogP contribution is 2.28. The van der Waals surface area contributed by atoms with Gasteiger partial charge in [0.1, 0.15) is 0 Å². The fourth-order valence-electron chi connectivity index (χ4n) is 1.32. The zero-order valence-corrected chi connectivity index (χ0v) is 6.66. The van der Waals surface area contributed by atoms with E-state index in [1.807, 2.05) is 6.07 Å². The van der Waals surface area contributed by atoms with Crippen molar-refractivity contribution >= 4 is 0 Å². The van der Waals surface area contributed by atoms with Gasteiger partial charge in [-0.1, -0.05) is 37.3 Å². The number of epoxide rings is 1. The second kappa shape index (κ2) is 2.67. The van der Waals surface area contributed by atoms with Gasteiger partial charge in [0.05, 0.1) is 12.7 Å². The van der Waals surface area contributed by atoms with Crippen LogP contribution in [0.25, 0.3) is 0 Å². The average Bonchev–Trinajstić information content (AvgIpc) is 2.87. The predicted molar refractivity (Wildman–Crippen MR) is 44.6 cm³/mol. The van der Waals surface area contributed by atoms with E-state index in [4.69, 9.17) is 4.74 Å². The summed E-state index contributed by atoms with van der Waals surface area (Å²) in [5.41, 5.74) is 1.38. The number of ether oxygens (including phenoxy) is 1. The lowest BCUT2D eigenvalue weighted by Gasteiger charge is -2.06. The van der Waals surface area contributed by atoms with Crippen LogP contribution in [0.3, 0.4) is 0 Å². The first-order valence-electron chi connectivity index (χ1n) is 4.04. The van der Waals surface area contributed by atoms with Crippen molar-refractivity contribution in [2.45, 2.75) is 18.9 Å². The predicted octanol–water partition coefficient (Wildman–Crippen LogP) is 2.19. The Morgan fingerprint density at radius 3 is 2.55 bits per heavy atom. The number of benzene rings is 1. The van der Waals surface area contributed by atoms with Crippen LogP contribution in [0, 0.1) is 0 Å².